The number of amides is 2. The predicted octanol–water partition coefficient (Wildman–Crippen LogP) is 1.87. The molecule has 0 aliphatic carbocycles. The molecule has 1 aliphatic heterocycles. The molecule has 0 unspecified atom stereocenters. The van der Waals surface area contributed by atoms with Crippen LogP contribution in [-0.2, 0) is 9.59 Å². The van der Waals surface area contributed by atoms with Crippen LogP contribution in [0.3, 0.4) is 0 Å². The molecule has 1 saturated heterocycles. The van der Waals surface area contributed by atoms with Crippen LogP contribution in [0, 0.1) is 0 Å². The molecule has 1 aliphatic rings. The zero-order valence-electron chi connectivity index (χ0n) is 14.0. The highest BCUT2D eigenvalue weighted by Crippen LogP contribution is 2.32. The van der Waals surface area contributed by atoms with Gasteiger partial charge in [-0.3, -0.25) is 15.0 Å². The van der Waals surface area contributed by atoms with Gasteiger partial charge in [-0.05, 0) is 41.5 Å². The summed E-state index contributed by atoms with van der Waals surface area (Å²) in [5.74, 6) is -0.239. The van der Waals surface area contributed by atoms with Crippen molar-refractivity contribution in [1.29, 1.82) is 0 Å². The number of rotatable bonds is 3. The standard InChI is InChI=1S/C16H27N3O2/c1-11(2)13(20)17-18-9-15(5,6)19(14(21)12(3)4)16(7,8)10-18/h1,3,9-10H2,2,4-8H3,(H,17,20). The first-order chi connectivity index (χ1) is 9.38. The molecular formula is C16H27N3O2. The van der Waals surface area contributed by atoms with Crippen LogP contribution >= 0.6 is 0 Å². The van der Waals surface area contributed by atoms with Crippen molar-refractivity contribution >= 4 is 11.8 Å². The van der Waals surface area contributed by atoms with E-state index >= 15 is 0 Å². The SMILES string of the molecule is C=C(C)C(=O)NN1CC(C)(C)N(C(=O)C(=C)C)C(C)(C)C1. The van der Waals surface area contributed by atoms with E-state index in [2.05, 4.69) is 18.6 Å². The normalized spacial score (nSPS) is 20.8. The van der Waals surface area contributed by atoms with Crippen molar-refractivity contribution < 1.29 is 9.59 Å². The first kappa shape index (κ1) is 17.4. The molecule has 0 aromatic carbocycles. The molecular weight excluding hydrogens is 266 g/mol. The van der Waals surface area contributed by atoms with Gasteiger partial charge in [0.2, 0.25) is 5.91 Å². The lowest BCUT2D eigenvalue weighted by Crippen LogP contribution is -2.72. The minimum Gasteiger partial charge on any atom is -0.326 e. The van der Waals surface area contributed by atoms with Gasteiger partial charge in [-0.15, -0.1) is 0 Å². The van der Waals surface area contributed by atoms with Gasteiger partial charge in [0.25, 0.3) is 5.91 Å². The quantitative estimate of drug-likeness (QED) is 0.808. The van der Waals surface area contributed by atoms with Gasteiger partial charge in [0.05, 0.1) is 11.1 Å². The number of carbonyl (C=O) groups is 2. The summed E-state index contributed by atoms with van der Waals surface area (Å²) in [7, 11) is 0. The fraction of sp³-hybridized carbons (Fsp3) is 0.625. The Kier molecular flexibility index (Phi) is 4.68. The van der Waals surface area contributed by atoms with Crippen molar-refractivity contribution in [3.05, 3.63) is 24.3 Å². The van der Waals surface area contributed by atoms with Gasteiger partial charge in [0, 0.05) is 24.2 Å². The second-order valence-corrected chi connectivity index (χ2v) is 7.12. The number of nitrogens with zero attached hydrogens (tertiary/aromatic N) is 2. The van der Waals surface area contributed by atoms with Crippen molar-refractivity contribution in [3.8, 4) is 0 Å². The molecule has 1 fully saturated rings. The first-order valence-corrected chi connectivity index (χ1v) is 7.10. The molecule has 2 amide bonds. The summed E-state index contributed by atoms with van der Waals surface area (Å²) < 4.78 is 0. The highest BCUT2D eigenvalue weighted by atomic mass is 16.2. The lowest BCUT2D eigenvalue weighted by atomic mass is 9.87. The average molecular weight is 293 g/mol. The third-order valence-corrected chi connectivity index (χ3v) is 3.58. The van der Waals surface area contributed by atoms with Gasteiger partial charge >= 0.3 is 0 Å². The van der Waals surface area contributed by atoms with Crippen molar-refractivity contribution in [2.24, 2.45) is 0 Å². The molecule has 0 spiro atoms. The van der Waals surface area contributed by atoms with E-state index in [1.165, 1.54) is 0 Å². The third-order valence-electron chi connectivity index (χ3n) is 3.58. The van der Waals surface area contributed by atoms with Gasteiger partial charge in [-0.1, -0.05) is 13.2 Å². The summed E-state index contributed by atoms with van der Waals surface area (Å²) >= 11 is 0. The molecule has 118 valence electrons. The zero-order valence-corrected chi connectivity index (χ0v) is 14.0. The molecule has 0 saturated carbocycles. The Labute approximate surface area is 127 Å². The number of piperazine rings is 1. The van der Waals surface area contributed by atoms with Gasteiger partial charge in [0.15, 0.2) is 0 Å². The largest absolute Gasteiger partial charge is 0.326 e. The Morgan fingerprint density at radius 2 is 1.38 bits per heavy atom. The van der Waals surface area contributed by atoms with E-state index in [4.69, 9.17) is 0 Å². The van der Waals surface area contributed by atoms with E-state index in [0.717, 1.165) is 0 Å². The van der Waals surface area contributed by atoms with Crippen LogP contribution in [0.2, 0.25) is 0 Å². The number of carbonyl (C=O) groups excluding carboxylic acids is 2. The fourth-order valence-corrected chi connectivity index (χ4v) is 3.01. The topological polar surface area (TPSA) is 52.7 Å². The summed E-state index contributed by atoms with van der Waals surface area (Å²) in [6.07, 6.45) is 0. The second-order valence-electron chi connectivity index (χ2n) is 7.12. The molecule has 0 aromatic rings. The minimum absolute atomic E-state index is 0.0455. The Morgan fingerprint density at radius 1 is 0.952 bits per heavy atom. The maximum absolute atomic E-state index is 12.5. The maximum Gasteiger partial charge on any atom is 0.260 e. The minimum atomic E-state index is -0.417. The number of hydrogen-bond acceptors (Lipinski definition) is 3. The molecule has 1 N–H and O–H groups in total. The van der Waals surface area contributed by atoms with E-state index in [9.17, 15) is 9.59 Å². The fourth-order valence-electron chi connectivity index (χ4n) is 3.01. The first-order valence-electron chi connectivity index (χ1n) is 7.10. The third kappa shape index (κ3) is 3.73. The van der Waals surface area contributed by atoms with E-state index < -0.39 is 11.1 Å². The van der Waals surface area contributed by atoms with Crippen LogP contribution in [0.1, 0.15) is 41.5 Å². The Bertz CT molecular complexity index is 474. The molecule has 1 rings (SSSR count). The average Bonchev–Trinajstić information content (AvgIpc) is 2.24. The Hall–Kier alpha value is -1.62. The summed E-state index contributed by atoms with van der Waals surface area (Å²) in [4.78, 5) is 26.1. The van der Waals surface area contributed by atoms with Gasteiger partial charge in [-0.2, -0.15) is 0 Å². The van der Waals surface area contributed by atoms with Crippen LogP contribution in [0.4, 0.5) is 0 Å². The summed E-state index contributed by atoms with van der Waals surface area (Å²) in [5.41, 5.74) is 3.01. The van der Waals surface area contributed by atoms with E-state index in [-0.39, 0.29) is 11.8 Å². The van der Waals surface area contributed by atoms with Crippen molar-refractivity contribution in [3.63, 3.8) is 0 Å². The van der Waals surface area contributed by atoms with Gasteiger partial charge in [0.1, 0.15) is 0 Å². The lowest BCUT2D eigenvalue weighted by Gasteiger charge is -2.56. The van der Waals surface area contributed by atoms with E-state index in [0.29, 0.717) is 24.2 Å². The lowest BCUT2D eigenvalue weighted by molar-refractivity contribution is -0.153. The highest BCUT2D eigenvalue weighted by Gasteiger charge is 2.47. The Balaban J connectivity index is 3.02. The molecule has 0 atom stereocenters. The predicted molar refractivity (Wildman–Crippen MR) is 84.3 cm³/mol. The molecule has 0 bridgehead atoms. The highest BCUT2D eigenvalue weighted by molar-refractivity contribution is 5.93. The molecule has 21 heavy (non-hydrogen) atoms. The molecule has 5 nitrogen and oxygen atoms in total. The van der Waals surface area contributed by atoms with Gasteiger partial charge in [-0.25, -0.2) is 5.01 Å². The molecule has 0 aromatic heterocycles. The molecule has 1 heterocycles. The maximum atomic E-state index is 12.5. The number of nitrogens with one attached hydrogen (secondary N) is 1. The number of hydrogen-bond donors (Lipinski definition) is 1. The second kappa shape index (κ2) is 5.64. The van der Waals surface area contributed by atoms with Crippen molar-refractivity contribution in [2.75, 3.05) is 13.1 Å². The molecule has 5 heteroatoms. The van der Waals surface area contributed by atoms with Crippen LogP contribution in [-0.4, -0.2) is 45.9 Å². The molecule has 0 radical (unpaired) electrons. The van der Waals surface area contributed by atoms with Crippen LogP contribution < -0.4 is 5.43 Å². The van der Waals surface area contributed by atoms with Crippen LogP contribution in [0.5, 0.6) is 0 Å². The monoisotopic (exact) mass is 293 g/mol. The van der Waals surface area contributed by atoms with E-state index in [1.54, 1.807) is 13.8 Å². The smallest absolute Gasteiger partial charge is 0.260 e. The van der Waals surface area contributed by atoms with Crippen molar-refractivity contribution in [2.45, 2.75) is 52.6 Å². The summed E-state index contributed by atoms with van der Waals surface area (Å²) in [6, 6.07) is 0. The number of hydrazine groups is 1. The summed E-state index contributed by atoms with van der Waals surface area (Å²) in [6.45, 7) is 19.9. The van der Waals surface area contributed by atoms with Crippen LogP contribution in [0.15, 0.2) is 24.3 Å². The van der Waals surface area contributed by atoms with Crippen molar-refractivity contribution in [1.82, 2.24) is 15.3 Å². The summed E-state index contributed by atoms with van der Waals surface area (Å²) in [5, 5.41) is 1.86. The van der Waals surface area contributed by atoms with Gasteiger partial charge < -0.3 is 4.90 Å². The van der Waals surface area contributed by atoms with Crippen LogP contribution in [0.25, 0.3) is 0 Å². The Morgan fingerprint density at radius 3 is 1.71 bits per heavy atom. The van der Waals surface area contributed by atoms with E-state index in [1.807, 2.05) is 37.6 Å². The zero-order chi connectivity index (χ0) is 16.6.